The number of hydrazone groups is 1. The van der Waals surface area contributed by atoms with Gasteiger partial charge >= 0.3 is 0 Å². The van der Waals surface area contributed by atoms with Gasteiger partial charge in [-0.25, -0.2) is 0 Å². The van der Waals surface area contributed by atoms with Crippen molar-refractivity contribution in [2.24, 2.45) is 22.9 Å². The summed E-state index contributed by atoms with van der Waals surface area (Å²) in [6.45, 7) is 2.05. The van der Waals surface area contributed by atoms with Gasteiger partial charge in [-0.2, -0.15) is 5.10 Å². The van der Waals surface area contributed by atoms with Gasteiger partial charge in [0, 0.05) is 5.54 Å². The van der Waals surface area contributed by atoms with Crippen molar-refractivity contribution in [2.75, 3.05) is 0 Å². The summed E-state index contributed by atoms with van der Waals surface area (Å²) in [6.07, 6.45) is 12.2. The fraction of sp³-hybridized carbons (Fsp3) is 0.524. The summed E-state index contributed by atoms with van der Waals surface area (Å²) < 4.78 is 0. The van der Waals surface area contributed by atoms with E-state index in [1.807, 2.05) is 31.3 Å². The number of hydrogen-bond donors (Lipinski definition) is 2. The normalized spacial score (nSPS) is 33.6. The van der Waals surface area contributed by atoms with Crippen LogP contribution in [0.2, 0.25) is 0 Å². The number of benzene rings is 1. The molecule has 0 atom stereocenters. The minimum Gasteiger partial charge on any atom is -0.356 e. The first-order valence-corrected chi connectivity index (χ1v) is 9.86. The highest BCUT2D eigenvalue weighted by atomic mass is 32.1. The van der Waals surface area contributed by atoms with E-state index in [0.717, 1.165) is 23.3 Å². The van der Waals surface area contributed by atoms with E-state index >= 15 is 0 Å². The molecule has 5 rings (SSSR count). The van der Waals surface area contributed by atoms with Crippen LogP contribution in [-0.2, 0) is 0 Å². The molecular formula is C21H27N3S. The number of nitrogens with one attached hydrogen (secondary N) is 2. The molecule has 0 spiro atoms. The Hall–Kier alpha value is -1.68. The van der Waals surface area contributed by atoms with Crippen molar-refractivity contribution in [2.45, 2.75) is 51.0 Å². The van der Waals surface area contributed by atoms with Gasteiger partial charge in [0.05, 0.1) is 6.21 Å². The van der Waals surface area contributed by atoms with Crippen LogP contribution in [0.1, 0.15) is 51.0 Å². The first-order valence-electron chi connectivity index (χ1n) is 9.45. The van der Waals surface area contributed by atoms with Crippen molar-refractivity contribution in [1.82, 2.24) is 10.7 Å². The predicted molar refractivity (Wildman–Crippen MR) is 108 cm³/mol. The summed E-state index contributed by atoms with van der Waals surface area (Å²) in [6, 6.07) is 10.3. The highest BCUT2D eigenvalue weighted by Gasteiger charge is 2.51. The second kappa shape index (κ2) is 6.91. The number of nitrogens with zero attached hydrogens (tertiary/aromatic N) is 1. The van der Waals surface area contributed by atoms with Crippen molar-refractivity contribution in [3.8, 4) is 0 Å². The standard InChI is InChI=1S/C21H27N3S/c1-15(7-16-5-3-2-4-6-16)14-22-24-20(25)23-21-11-17-8-18(12-21)10-19(9-17)13-21/h2-7,14,17-19H,8-13H2,1H3,(H2,23,24,25)/b15-7-,22-14-. The Labute approximate surface area is 156 Å². The van der Waals surface area contributed by atoms with Gasteiger partial charge in [0.2, 0.25) is 0 Å². The Balaban J connectivity index is 1.31. The molecule has 25 heavy (non-hydrogen) atoms. The molecule has 1 aromatic carbocycles. The summed E-state index contributed by atoms with van der Waals surface area (Å²) in [4.78, 5) is 0. The van der Waals surface area contributed by atoms with Gasteiger partial charge in [0.25, 0.3) is 0 Å². The van der Waals surface area contributed by atoms with Crippen LogP contribution < -0.4 is 10.7 Å². The van der Waals surface area contributed by atoms with E-state index in [9.17, 15) is 0 Å². The minimum atomic E-state index is 0.239. The summed E-state index contributed by atoms with van der Waals surface area (Å²) in [5.74, 6) is 2.75. The summed E-state index contributed by atoms with van der Waals surface area (Å²) >= 11 is 5.52. The minimum absolute atomic E-state index is 0.239. The van der Waals surface area contributed by atoms with E-state index in [2.05, 4.69) is 34.1 Å². The highest BCUT2D eigenvalue weighted by Crippen LogP contribution is 2.55. The monoisotopic (exact) mass is 353 g/mol. The largest absolute Gasteiger partial charge is 0.356 e. The molecule has 0 unspecified atom stereocenters. The van der Waals surface area contributed by atoms with Gasteiger partial charge in [-0.3, -0.25) is 5.43 Å². The molecule has 4 aliphatic carbocycles. The molecule has 0 saturated heterocycles. The second-order valence-electron chi connectivity index (χ2n) is 8.32. The van der Waals surface area contributed by atoms with Gasteiger partial charge in [0.1, 0.15) is 0 Å². The van der Waals surface area contributed by atoms with E-state index < -0.39 is 0 Å². The van der Waals surface area contributed by atoms with Crippen LogP contribution in [-0.4, -0.2) is 16.9 Å². The highest BCUT2D eigenvalue weighted by molar-refractivity contribution is 7.80. The molecule has 0 radical (unpaired) electrons. The van der Waals surface area contributed by atoms with Crippen molar-refractivity contribution >= 4 is 29.6 Å². The summed E-state index contributed by atoms with van der Waals surface area (Å²) in [5, 5.41) is 8.63. The smallest absolute Gasteiger partial charge is 0.187 e. The van der Waals surface area contributed by atoms with Crippen molar-refractivity contribution in [1.29, 1.82) is 0 Å². The van der Waals surface area contributed by atoms with Crippen LogP contribution in [0.4, 0.5) is 0 Å². The van der Waals surface area contributed by atoms with Crippen molar-refractivity contribution in [3.63, 3.8) is 0 Å². The molecule has 132 valence electrons. The first-order chi connectivity index (χ1) is 12.1. The summed E-state index contributed by atoms with van der Waals surface area (Å²) in [5.41, 5.74) is 5.54. The van der Waals surface area contributed by atoms with Crippen LogP contribution in [0.25, 0.3) is 6.08 Å². The molecule has 2 N–H and O–H groups in total. The number of thiocarbonyl (C=S) groups is 1. The lowest BCUT2D eigenvalue weighted by Gasteiger charge is -2.57. The molecule has 3 nitrogen and oxygen atoms in total. The molecule has 0 aromatic heterocycles. The van der Waals surface area contributed by atoms with Crippen LogP contribution in [0.3, 0.4) is 0 Å². The van der Waals surface area contributed by atoms with Crippen molar-refractivity contribution in [3.05, 3.63) is 41.5 Å². The average Bonchev–Trinajstić information content (AvgIpc) is 2.53. The topological polar surface area (TPSA) is 36.4 Å². The zero-order valence-electron chi connectivity index (χ0n) is 14.9. The second-order valence-corrected chi connectivity index (χ2v) is 8.73. The molecular weight excluding hydrogens is 326 g/mol. The molecule has 4 saturated carbocycles. The number of allylic oxidation sites excluding steroid dienone is 1. The van der Waals surface area contributed by atoms with Gasteiger partial charge in [-0.15, -0.1) is 0 Å². The van der Waals surface area contributed by atoms with E-state index in [1.54, 1.807) is 0 Å². The molecule has 4 aliphatic rings. The van der Waals surface area contributed by atoms with Gasteiger partial charge in [0.15, 0.2) is 5.11 Å². The third-order valence-electron chi connectivity index (χ3n) is 6.05. The maximum atomic E-state index is 5.52. The molecule has 1 aromatic rings. The Morgan fingerprint density at radius 3 is 2.28 bits per heavy atom. The SMILES string of the molecule is CC(/C=N\NC(=S)NC12CC3CC(CC(C3)C1)C2)=C/c1ccccc1. The van der Waals surface area contributed by atoms with Crippen LogP contribution in [0.5, 0.6) is 0 Å². The fourth-order valence-corrected chi connectivity index (χ4v) is 5.84. The lowest BCUT2D eigenvalue weighted by Crippen LogP contribution is -2.61. The lowest BCUT2D eigenvalue weighted by molar-refractivity contribution is -0.0101. The Kier molecular flexibility index (Phi) is 4.63. The quantitative estimate of drug-likeness (QED) is 0.475. The molecule has 4 fully saturated rings. The Morgan fingerprint density at radius 1 is 1.08 bits per heavy atom. The van der Waals surface area contributed by atoms with Crippen LogP contribution in [0, 0.1) is 17.8 Å². The van der Waals surface area contributed by atoms with Crippen LogP contribution >= 0.6 is 12.2 Å². The van der Waals surface area contributed by atoms with Gasteiger partial charge < -0.3 is 5.32 Å². The first kappa shape index (κ1) is 16.8. The average molecular weight is 354 g/mol. The molecule has 4 bridgehead atoms. The maximum Gasteiger partial charge on any atom is 0.187 e. The number of hydrogen-bond acceptors (Lipinski definition) is 2. The number of rotatable bonds is 4. The van der Waals surface area contributed by atoms with Crippen molar-refractivity contribution < 1.29 is 0 Å². The van der Waals surface area contributed by atoms with E-state index in [4.69, 9.17) is 12.2 Å². The Morgan fingerprint density at radius 2 is 1.68 bits per heavy atom. The maximum absolute atomic E-state index is 5.52. The third kappa shape index (κ3) is 3.95. The third-order valence-corrected chi connectivity index (χ3v) is 6.24. The predicted octanol–water partition coefficient (Wildman–Crippen LogP) is 4.51. The van der Waals surface area contributed by atoms with Gasteiger partial charge in [-0.1, -0.05) is 36.4 Å². The van der Waals surface area contributed by atoms with E-state index in [-0.39, 0.29) is 5.54 Å². The Bertz CT molecular complexity index is 657. The van der Waals surface area contributed by atoms with E-state index in [0.29, 0.717) is 5.11 Å². The molecule has 4 heteroatoms. The van der Waals surface area contributed by atoms with Gasteiger partial charge in [-0.05, 0) is 86.6 Å². The van der Waals surface area contributed by atoms with E-state index in [1.165, 1.54) is 44.1 Å². The van der Waals surface area contributed by atoms with Crippen LogP contribution in [0.15, 0.2) is 41.0 Å². The molecule has 0 heterocycles. The zero-order chi connectivity index (χ0) is 17.3. The molecule has 0 aliphatic heterocycles. The molecule has 0 amide bonds. The lowest BCUT2D eigenvalue weighted by atomic mass is 9.53. The summed E-state index contributed by atoms with van der Waals surface area (Å²) in [7, 11) is 0. The zero-order valence-corrected chi connectivity index (χ0v) is 15.7. The fourth-order valence-electron chi connectivity index (χ4n) is 5.57.